The van der Waals surface area contributed by atoms with Crippen LogP contribution in [-0.4, -0.2) is 12.6 Å². The van der Waals surface area contributed by atoms with E-state index in [0.29, 0.717) is 0 Å². The molecule has 0 spiro atoms. The summed E-state index contributed by atoms with van der Waals surface area (Å²) in [5, 5.41) is 3.85. The average Bonchev–Trinajstić information content (AvgIpc) is 2.97. The Hall–Kier alpha value is -0.0400. The lowest BCUT2D eigenvalue weighted by molar-refractivity contribution is 0.169. The Morgan fingerprint density at radius 3 is 2.47 bits per heavy atom. The molecule has 0 aliphatic heterocycles. The Morgan fingerprint density at radius 2 is 1.87 bits per heavy atom. The molecule has 1 nitrogen and oxygen atoms in total. The molecule has 1 heteroatoms. The van der Waals surface area contributed by atoms with Gasteiger partial charge in [-0.05, 0) is 55.9 Å². The first-order valence-corrected chi connectivity index (χ1v) is 6.90. The summed E-state index contributed by atoms with van der Waals surface area (Å²) >= 11 is 0. The van der Waals surface area contributed by atoms with Crippen molar-refractivity contribution in [1.29, 1.82) is 0 Å². The predicted molar refractivity (Wildman–Crippen MR) is 65.9 cm³/mol. The fraction of sp³-hybridized carbons (Fsp3) is 1.00. The summed E-state index contributed by atoms with van der Waals surface area (Å²) in [6.45, 7) is 8.50. The van der Waals surface area contributed by atoms with E-state index in [1.165, 1.54) is 38.6 Å². The van der Waals surface area contributed by atoms with Gasteiger partial charge in [0.25, 0.3) is 0 Å². The molecule has 88 valence electrons. The highest BCUT2D eigenvalue weighted by Gasteiger charge is 2.31. The smallest absolute Gasteiger partial charge is 0.0100 e. The van der Waals surface area contributed by atoms with Crippen LogP contribution in [-0.2, 0) is 0 Å². The Labute approximate surface area is 95.0 Å². The highest BCUT2D eigenvalue weighted by Crippen LogP contribution is 2.34. The minimum absolute atomic E-state index is 0.814. The van der Waals surface area contributed by atoms with E-state index in [2.05, 4.69) is 26.1 Å². The molecule has 0 saturated heterocycles. The first-order valence-electron chi connectivity index (χ1n) is 6.90. The van der Waals surface area contributed by atoms with E-state index < -0.39 is 0 Å². The molecule has 0 bridgehead atoms. The zero-order valence-electron chi connectivity index (χ0n) is 10.6. The minimum atomic E-state index is 0.814. The molecular weight excluding hydrogens is 182 g/mol. The van der Waals surface area contributed by atoms with E-state index in [4.69, 9.17) is 0 Å². The van der Waals surface area contributed by atoms with Crippen molar-refractivity contribution < 1.29 is 0 Å². The molecular formula is C14H27N. The van der Waals surface area contributed by atoms with Crippen molar-refractivity contribution >= 4 is 0 Å². The summed E-state index contributed by atoms with van der Waals surface area (Å²) in [6.07, 6.45) is 7.25. The van der Waals surface area contributed by atoms with E-state index in [1.54, 1.807) is 0 Å². The molecule has 1 N–H and O–H groups in total. The van der Waals surface area contributed by atoms with Crippen molar-refractivity contribution in [2.24, 2.45) is 23.7 Å². The van der Waals surface area contributed by atoms with Crippen LogP contribution in [0.5, 0.6) is 0 Å². The van der Waals surface area contributed by atoms with Crippen molar-refractivity contribution in [3.63, 3.8) is 0 Å². The van der Waals surface area contributed by atoms with Gasteiger partial charge in [0.1, 0.15) is 0 Å². The molecule has 0 heterocycles. The van der Waals surface area contributed by atoms with Gasteiger partial charge < -0.3 is 5.32 Å². The van der Waals surface area contributed by atoms with Crippen LogP contribution in [0.4, 0.5) is 0 Å². The van der Waals surface area contributed by atoms with Gasteiger partial charge in [0, 0.05) is 6.04 Å². The Kier molecular flexibility index (Phi) is 3.71. The Balaban J connectivity index is 1.83. The molecule has 0 aromatic carbocycles. The maximum Gasteiger partial charge on any atom is 0.0100 e. The topological polar surface area (TPSA) is 12.0 Å². The second-order valence-corrected chi connectivity index (χ2v) is 6.28. The van der Waals surface area contributed by atoms with Crippen molar-refractivity contribution in [2.45, 2.75) is 58.9 Å². The molecule has 2 aliphatic carbocycles. The maximum atomic E-state index is 3.85. The van der Waals surface area contributed by atoms with Crippen LogP contribution in [0.1, 0.15) is 52.9 Å². The lowest BCUT2D eigenvalue weighted by Gasteiger charge is -2.38. The van der Waals surface area contributed by atoms with Crippen molar-refractivity contribution in [3.05, 3.63) is 0 Å². The second kappa shape index (κ2) is 4.86. The first-order chi connectivity index (χ1) is 7.16. The van der Waals surface area contributed by atoms with Gasteiger partial charge >= 0.3 is 0 Å². The second-order valence-electron chi connectivity index (χ2n) is 6.28. The van der Waals surface area contributed by atoms with E-state index >= 15 is 0 Å². The summed E-state index contributed by atoms with van der Waals surface area (Å²) < 4.78 is 0. The normalized spacial score (nSPS) is 37.2. The summed E-state index contributed by atoms with van der Waals surface area (Å²) in [5.41, 5.74) is 0. The molecule has 2 saturated carbocycles. The van der Waals surface area contributed by atoms with Gasteiger partial charge in [-0.25, -0.2) is 0 Å². The van der Waals surface area contributed by atoms with Crippen LogP contribution < -0.4 is 5.32 Å². The lowest BCUT2D eigenvalue weighted by atomic mass is 9.74. The SMILES string of the molecule is CC(C)[C@@H]1CC[C@@H](C)C[C@H]1NCC1CC1. The fourth-order valence-electron chi connectivity index (χ4n) is 3.08. The van der Waals surface area contributed by atoms with Crippen molar-refractivity contribution in [1.82, 2.24) is 5.32 Å². The van der Waals surface area contributed by atoms with Crippen LogP contribution in [0.25, 0.3) is 0 Å². The van der Waals surface area contributed by atoms with E-state index in [-0.39, 0.29) is 0 Å². The summed E-state index contributed by atoms with van der Waals surface area (Å²) in [7, 11) is 0. The van der Waals surface area contributed by atoms with Crippen LogP contribution in [0.2, 0.25) is 0 Å². The lowest BCUT2D eigenvalue weighted by Crippen LogP contribution is -2.43. The standard InChI is InChI=1S/C14H27N/c1-10(2)13-7-4-11(3)8-14(13)15-9-12-5-6-12/h10-15H,4-9H2,1-3H3/t11-,13+,14-/m1/s1. The molecule has 15 heavy (non-hydrogen) atoms. The van der Waals surface area contributed by atoms with Gasteiger partial charge in [-0.3, -0.25) is 0 Å². The average molecular weight is 209 g/mol. The number of nitrogens with one attached hydrogen (secondary N) is 1. The molecule has 0 aromatic heterocycles. The largest absolute Gasteiger partial charge is 0.313 e. The molecule has 2 rings (SSSR count). The van der Waals surface area contributed by atoms with Gasteiger partial charge in [-0.15, -0.1) is 0 Å². The molecule has 0 radical (unpaired) electrons. The van der Waals surface area contributed by atoms with Crippen LogP contribution >= 0.6 is 0 Å². The highest BCUT2D eigenvalue weighted by molar-refractivity contribution is 4.87. The first kappa shape index (κ1) is 11.4. The zero-order valence-corrected chi connectivity index (χ0v) is 10.6. The fourth-order valence-corrected chi connectivity index (χ4v) is 3.08. The predicted octanol–water partition coefficient (Wildman–Crippen LogP) is 3.45. The number of rotatable bonds is 4. The monoisotopic (exact) mass is 209 g/mol. The Bertz CT molecular complexity index is 196. The third kappa shape index (κ3) is 3.21. The maximum absolute atomic E-state index is 3.85. The van der Waals surface area contributed by atoms with Crippen LogP contribution in [0.15, 0.2) is 0 Å². The van der Waals surface area contributed by atoms with Gasteiger partial charge in [0.15, 0.2) is 0 Å². The third-order valence-electron chi connectivity index (χ3n) is 4.39. The summed E-state index contributed by atoms with van der Waals surface area (Å²) in [5.74, 6) is 3.75. The van der Waals surface area contributed by atoms with Gasteiger partial charge in [-0.1, -0.05) is 27.2 Å². The Morgan fingerprint density at radius 1 is 1.13 bits per heavy atom. The summed E-state index contributed by atoms with van der Waals surface area (Å²) in [6, 6.07) is 0.814. The molecule has 0 amide bonds. The van der Waals surface area contributed by atoms with Crippen LogP contribution in [0, 0.1) is 23.7 Å². The zero-order chi connectivity index (χ0) is 10.8. The minimum Gasteiger partial charge on any atom is -0.313 e. The number of hydrogen-bond acceptors (Lipinski definition) is 1. The van der Waals surface area contributed by atoms with Crippen molar-refractivity contribution in [3.8, 4) is 0 Å². The molecule has 2 fully saturated rings. The molecule has 0 aromatic rings. The third-order valence-corrected chi connectivity index (χ3v) is 4.39. The van der Waals surface area contributed by atoms with E-state index in [1.807, 2.05) is 0 Å². The van der Waals surface area contributed by atoms with Gasteiger partial charge in [0.05, 0.1) is 0 Å². The summed E-state index contributed by atoms with van der Waals surface area (Å²) in [4.78, 5) is 0. The highest BCUT2D eigenvalue weighted by atomic mass is 14.9. The van der Waals surface area contributed by atoms with Gasteiger partial charge in [-0.2, -0.15) is 0 Å². The van der Waals surface area contributed by atoms with E-state index in [9.17, 15) is 0 Å². The molecule has 0 unspecified atom stereocenters. The van der Waals surface area contributed by atoms with Crippen molar-refractivity contribution in [2.75, 3.05) is 6.54 Å². The quantitative estimate of drug-likeness (QED) is 0.748. The molecule has 2 aliphatic rings. The van der Waals surface area contributed by atoms with E-state index in [0.717, 1.165) is 29.7 Å². The van der Waals surface area contributed by atoms with Gasteiger partial charge in [0.2, 0.25) is 0 Å². The van der Waals surface area contributed by atoms with Crippen LogP contribution in [0.3, 0.4) is 0 Å². The molecule has 3 atom stereocenters. The number of hydrogen-bond donors (Lipinski definition) is 1.